The van der Waals surface area contributed by atoms with Crippen molar-refractivity contribution in [2.75, 3.05) is 12.4 Å². The van der Waals surface area contributed by atoms with E-state index in [-0.39, 0.29) is 16.7 Å². The smallest absolute Gasteiger partial charge is 0.354 e. The van der Waals surface area contributed by atoms with Crippen molar-refractivity contribution in [2.45, 2.75) is 6.54 Å². The molecule has 0 aliphatic heterocycles. The summed E-state index contributed by atoms with van der Waals surface area (Å²) in [7, 11) is 1.28. The summed E-state index contributed by atoms with van der Waals surface area (Å²) < 4.78 is 31.3. The lowest BCUT2D eigenvalue weighted by Gasteiger charge is -2.07. The van der Waals surface area contributed by atoms with Crippen molar-refractivity contribution < 1.29 is 18.3 Å². The summed E-state index contributed by atoms with van der Waals surface area (Å²) in [5.41, 5.74) is 1.14. The molecule has 0 saturated heterocycles. The maximum absolute atomic E-state index is 13.5. The zero-order valence-electron chi connectivity index (χ0n) is 10.5. The van der Waals surface area contributed by atoms with Gasteiger partial charge in [0.2, 0.25) is 0 Å². The fourth-order valence-corrected chi connectivity index (χ4v) is 1.96. The minimum Gasteiger partial charge on any atom is -0.464 e. The molecular weight excluding hydrogens is 334 g/mol. The number of esters is 1. The van der Waals surface area contributed by atoms with Crippen molar-refractivity contribution in [2.24, 2.45) is 0 Å². The van der Waals surface area contributed by atoms with Gasteiger partial charge in [-0.3, -0.25) is 0 Å². The van der Waals surface area contributed by atoms with E-state index in [0.717, 1.165) is 6.07 Å². The number of nitrogens with one attached hydrogen (secondary N) is 2. The van der Waals surface area contributed by atoms with Gasteiger partial charge in [-0.25, -0.2) is 13.6 Å². The molecule has 1 heterocycles. The van der Waals surface area contributed by atoms with Crippen LogP contribution in [0.4, 0.5) is 14.5 Å². The van der Waals surface area contributed by atoms with Crippen molar-refractivity contribution in [3.63, 3.8) is 0 Å². The fraction of sp³-hybridized carbons (Fsp3) is 0.154. The Bertz CT molecular complexity index is 643. The molecule has 7 heteroatoms. The van der Waals surface area contributed by atoms with Crippen LogP contribution in [-0.4, -0.2) is 18.1 Å². The number of hydrogen-bond acceptors (Lipinski definition) is 3. The molecular formula is C13H11BrF2N2O2. The van der Waals surface area contributed by atoms with Crippen molar-refractivity contribution in [1.29, 1.82) is 0 Å². The largest absolute Gasteiger partial charge is 0.464 e. The van der Waals surface area contributed by atoms with Crippen molar-refractivity contribution in [3.8, 4) is 0 Å². The molecule has 20 heavy (non-hydrogen) atoms. The average Bonchev–Trinajstić information content (AvgIpc) is 2.89. The zero-order chi connectivity index (χ0) is 14.7. The van der Waals surface area contributed by atoms with Crippen LogP contribution in [0.25, 0.3) is 0 Å². The third-order valence-electron chi connectivity index (χ3n) is 2.63. The lowest BCUT2D eigenvalue weighted by atomic mass is 10.3. The Morgan fingerprint density at radius 2 is 2.10 bits per heavy atom. The van der Waals surface area contributed by atoms with Crippen molar-refractivity contribution >= 4 is 27.6 Å². The molecule has 0 amide bonds. The number of anilines is 1. The molecule has 0 radical (unpaired) electrons. The molecule has 2 N–H and O–H groups in total. The summed E-state index contributed by atoms with van der Waals surface area (Å²) in [6, 6.07) is 5.35. The number of aromatic amines is 1. The van der Waals surface area contributed by atoms with E-state index in [1.807, 2.05) is 0 Å². The molecule has 0 aliphatic rings. The summed E-state index contributed by atoms with van der Waals surface area (Å²) in [6.45, 7) is 0.256. The first kappa shape index (κ1) is 14.5. The van der Waals surface area contributed by atoms with Crippen LogP contribution in [0.5, 0.6) is 0 Å². The Labute approximate surface area is 122 Å². The van der Waals surface area contributed by atoms with E-state index in [0.29, 0.717) is 11.4 Å². The number of carbonyl (C=O) groups is 1. The van der Waals surface area contributed by atoms with E-state index in [2.05, 4.69) is 31.0 Å². The van der Waals surface area contributed by atoms with E-state index in [9.17, 15) is 13.6 Å². The number of halogens is 3. The second-order valence-electron chi connectivity index (χ2n) is 3.99. The van der Waals surface area contributed by atoms with Gasteiger partial charge in [-0.1, -0.05) is 0 Å². The summed E-state index contributed by atoms with van der Waals surface area (Å²) in [5.74, 6) is -1.83. The molecule has 4 nitrogen and oxygen atoms in total. The summed E-state index contributed by atoms with van der Waals surface area (Å²) in [5, 5.41) is 2.81. The van der Waals surface area contributed by atoms with E-state index < -0.39 is 17.6 Å². The summed E-state index contributed by atoms with van der Waals surface area (Å²) in [6.07, 6.45) is 0. The van der Waals surface area contributed by atoms with Gasteiger partial charge in [0.25, 0.3) is 0 Å². The zero-order valence-corrected chi connectivity index (χ0v) is 12.1. The van der Waals surface area contributed by atoms with Gasteiger partial charge in [0.1, 0.15) is 17.3 Å². The minimum atomic E-state index is -0.689. The van der Waals surface area contributed by atoms with Gasteiger partial charge in [-0.05, 0) is 34.1 Å². The predicted molar refractivity (Wildman–Crippen MR) is 73.5 cm³/mol. The quantitative estimate of drug-likeness (QED) is 0.659. The van der Waals surface area contributed by atoms with Gasteiger partial charge < -0.3 is 15.0 Å². The predicted octanol–water partition coefficient (Wildman–Crippen LogP) is 3.45. The molecule has 0 atom stereocenters. The van der Waals surface area contributed by atoms with E-state index >= 15 is 0 Å². The second-order valence-corrected chi connectivity index (χ2v) is 4.84. The Hall–Kier alpha value is -1.89. The van der Waals surface area contributed by atoms with Crippen LogP contribution in [0.2, 0.25) is 0 Å². The number of ether oxygens (including phenoxy) is 1. The number of H-pyrrole nitrogens is 1. The van der Waals surface area contributed by atoms with Crippen LogP contribution in [0.15, 0.2) is 28.7 Å². The molecule has 0 unspecified atom stereocenters. The Balaban J connectivity index is 2.07. The second kappa shape index (κ2) is 6.04. The Kier molecular flexibility index (Phi) is 4.39. The molecule has 0 saturated carbocycles. The standard InChI is InChI=1S/C13H11BrF2N2O2/c1-20-13(19)11-3-2-7(18-11)6-17-12-4-8(14)9(15)5-10(12)16/h2-5,17-18H,6H2,1H3. The SMILES string of the molecule is COC(=O)c1ccc(CNc2cc(Br)c(F)cc2F)[nH]1. The van der Waals surface area contributed by atoms with Gasteiger partial charge >= 0.3 is 5.97 Å². The number of benzene rings is 1. The van der Waals surface area contributed by atoms with Gasteiger partial charge in [-0.15, -0.1) is 0 Å². The molecule has 1 aromatic heterocycles. The average molecular weight is 345 g/mol. The Morgan fingerprint density at radius 1 is 1.35 bits per heavy atom. The van der Waals surface area contributed by atoms with Crippen LogP contribution < -0.4 is 5.32 Å². The molecule has 0 bridgehead atoms. The Morgan fingerprint density at radius 3 is 2.80 bits per heavy atom. The molecule has 106 valence electrons. The number of hydrogen-bond donors (Lipinski definition) is 2. The number of methoxy groups -OCH3 is 1. The number of rotatable bonds is 4. The maximum Gasteiger partial charge on any atom is 0.354 e. The highest BCUT2D eigenvalue weighted by Gasteiger charge is 2.10. The van der Waals surface area contributed by atoms with E-state index in [1.165, 1.54) is 13.2 Å². The normalized spacial score (nSPS) is 10.4. The summed E-state index contributed by atoms with van der Waals surface area (Å²) >= 11 is 2.99. The highest BCUT2D eigenvalue weighted by Crippen LogP contribution is 2.24. The first-order valence-corrected chi connectivity index (χ1v) is 6.45. The topological polar surface area (TPSA) is 54.1 Å². The number of carbonyl (C=O) groups excluding carboxylic acids is 1. The van der Waals surface area contributed by atoms with Crippen LogP contribution >= 0.6 is 15.9 Å². The molecule has 1 aromatic carbocycles. The molecule has 0 spiro atoms. The number of aromatic nitrogens is 1. The third kappa shape index (κ3) is 3.16. The lowest BCUT2D eigenvalue weighted by molar-refractivity contribution is 0.0594. The first-order chi connectivity index (χ1) is 9.51. The highest BCUT2D eigenvalue weighted by molar-refractivity contribution is 9.10. The maximum atomic E-state index is 13.5. The van der Waals surface area contributed by atoms with Gasteiger partial charge in [0.05, 0.1) is 23.8 Å². The summed E-state index contributed by atoms with van der Waals surface area (Å²) in [4.78, 5) is 14.1. The van der Waals surface area contributed by atoms with Crippen LogP contribution in [0.3, 0.4) is 0 Å². The van der Waals surface area contributed by atoms with E-state index in [4.69, 9.17) is 0 Å². The van der Waals surface area contributed by atoms with Crippen LogP contribution in [0.1, 0.15) is 16.2 Å². The first-order valence-electron chi connectivity index (χ1n) is 5.66. The molecule has 0 aliphatic carbocycles. The molecule has 2 aromatic rings. The molecule has 2 rings (SSSR count). The van der Waals surface area contributed by atoms with Crippen LogP contribution in [-0.2, 0) is 11.3 Å². The fourth-order valence-electron chi connectivity index (χ4n) is 1.62. The van der Waals surface area contributed by atoms with Crippen LogP contribution in [0, 0.1) is 11.6 Å². The third-order valence-corrected chi connectivity index (χ3v) is 3.24. The van der Waals surface area contributed by atoms with Gasteiger partial charge in [0.15, 0.2) is 0 Å². The minimum absolute atomic E-state index is 0.160. The van der Waals surface area contributed by atoms with Gasteiger partial charge in [0, 0.05) is 11.8 Å². The van der Waals surface area contributed by atoms with Crippen molar-refractivity contribution in [1.82, 2.24) is 4.98 Å². The highest BCUT2D eigenvalue weighted by atomic mass is 79.9. The molecule has 0 fully saturated rings. The lowest BCUT2D eigenvalue weighted by Crippen LogP contribution is -2.05. The van der Waals surface area contributed by atoms with E-state index in [1.54, 1.807) is 12.1 Å². The van der Waals surface area contributed by atoms with Crippen molar-refractivity contribution in [3.05, 3.63) is 51.8 Å². The monoisotopic (exact) mass is 344 g/mol. The van der Waals surface area contributed by atoms with Gasteiger partial charge in [-0.2, -0.15) is 0 Å².